The first-order valence-corrected chi connectivity index (χ1v) is 10.5. The molecule has 32 heavy (non-hydrogen) atoms. The van der Waals surface area contributed by atoms with Crippen LogP contribution in [-0.4, -0.2) is 36.1 Å². The van der Waals surface area contributed by atoms with E-state index < -0.39 is 35.6 Å². The van der Waals surface area contributed by atoms with Crippen LogP contribution in [0.4, 0.5) is 24.7 Å². The van der Waals surface area contributed by atoms with Crippen LogP contribution in [0.5, 0.6) is 0 Å². The summed E-state index contributed by atoms with van der Waals surface area (Å²) in [5, 5.41) is 3.30. The van der Waals surface area contributed by atoms with Crippen molar-refractivity contribution in [3.05, 3.63) is 52.1 Å². The lowest BCUT2D eigenvalue weighted by Gasteiger charge is -2.32. The number of nitrogens with one attached hydrogen (secondary N) is 1. The number of amides is 1. The van der Waals surface area contributed by atoms with E-state index in [1.807, 2.05) is 4.90 Å². The summed E-state index contributed by atoms with van der Waals surface area (Å²) in [6.07, 6.45) is -3.82. The molecule has 0 aliphatic carbocycles. The lowest BCUT2D eigenvalue weighted by atomic mass is 9.97. The molecule has 0 radical (unpaired) electrons. The number of anilines is 2. The van der Waals surface area contributed by atoms with E-state index in [1.54, 1.807) is 0 Å². The number of rotatable bonds is 5. The Bertz CT molecular complexity index is 958. The fraction of sp³-hybridized carbons (Fsp3) is 0.381. The number of benzene rings is 1. The zero-order valence-electron chi connectivity index (χ0n) is 17.0. The van der Waals surface area contributed by atoms with E-state index >= 15 is 0 Å². The van der Waals surface area contributed by atoms with Gasteiger partial charge in [-0.15, -0.1) is 0 Å². The van der Waals surface area contributed by atoms with Gasteiger partial charge in [-0.2, -0.15) is 13.2 Å². The summed E-state index contributed by atoms with van der Waals surface area (Å²) < 4.78 is 43.3. The van der Waals surface area contributed by atoms with E-state index in [1.165, 1.54) is 31.2 Å². The van der Waals surface area contributed by atoms with Gasteiger partial charge >= 0.3 is 12.1 Å². The van der Waals surface area contributed by atoms with Crippen molar-refractivity contribution in [1.29, 1.82) is 0 Å². The van der Waals surface area contributed by atoms with Gasteiger partial charge in [0.05, 0.1) is 11.5 Å². The minimum atomic E-state index is -4.44. The number of pyridine rings is 1. The highest BCUT2D eigenvalue weighted by Gasteiger charge is 2.32. The predicted octanol–water partition coefficient (Wildman–Crippen LogP) is 5.19. The molecule has 2 heterocycles. The highest BCUT2D eigenvalue weighted by atomic mass is 35.5. The van der Waals surface area contributed by atoms with Crippen molar-refractivity contribution in [3.63, 3.8) is 0 Å². The molecular weight excluding hydrogens is 470 g/mol. The molecule has 1 aromatic heterocycles. The third kappa shape index (κ3) is 6.26. The first kappa shape index (κ1) is 24.1. The van der Waals surface area contributed by atoms with Crippen molar-refractivity contribution in [2.75, 3.05) is 23.3 Å². The third-order valence-electron chi connectivity index (χ3n) is 5.02. The van der Waals surface area contributed by atoms with E-state index in [0.717, 1.165) is 12.3 Å². The predicted molar refractivity (Wildman–Crippen MR) is 115 cm³/mol. The van der Waals surface area contributed by atoms with Crippen LogP contribution in [0.2, 0.25) is 10.0 Å². The fourth-order valence-electron chi connectivity index (χ4n) is 3.28. The summed E-state index contributed by atoms with van der Waals surface area (Å²) in [4.78, 5) is 30.5. The standard InChI is InChI=1S/C21H20Cl2F3N3O3/c1-12(19(30)28-17-9-15(22)8-16(23)10-17)32-20(31)13-4-6-29(7-5-13)18-3-2-14(11-27-18)21(24,25)26/h2-3,8-13H,4-7H2,1H3,(H,28,30). The molecule has 172 valence electrons. The molecule has 1 aliphatic heterocycles. The smallest absolute Gasteiger partial charge is 0.417 e. The molecule has 1 unspecified atom stereocenters. The molecular formula is C21H20Cl2F3N3O3. The first-order chi connectivity index (χ1) is 15.0. The van der Waals surface area contributed by atoms with Crippen molar-refractivity contribution >= 4 is 46.6 Å². The average molecular weight is 490 g/mol. The van der Waals surface area contributed by atoms with Gasteiger partial charge in [0.2, 0.25) is 0 Å². The lowest BCUT2D eigenvalue weighted by molar-refractivity contribution is -0.158. The maximum Gasteiger partial charge on any atom is 0.417 e. The van der Waals surface area contributed by atoms with Gasteiger partial charge in [-0.05, 0) is 50.1 Å². The van der Waals surface area contributed by atoms with E-state index in [2.05, 4.69) is 10.3 Å². The largest absolute Gasteiger partial charge is 0.452 e. The van der Waals surface area contributed by atoms with E-state index in [9.17, 15) is 22.8 Å². The Balaban J connectivity index is 1.50. The van der Waals surface area contributed by atoms with Gasteiger partial charge in [0.15, 0.2) is 6.10 Å². The summed E-state index contributed by atoms with van der Waals surface area (Å²) in [7, 11) is 0. The lowest BCUT2D eigenvalue weighted by Crippen LogP contribution is -2.39. The van der Waals surface area contributed by atoms with Crippen LogP contribution in [0, 0.1) is 5.92 Å². The molecule has 1 N–H and O–H groups in total. The van der Waals surface area contributed by atoms with Crippen molar-refractivity contribution < 1.29 is 27.5 Å². The van der Waals surface area contributed by atoms with Gasteiger partial charge in [-0.25, -0.2) is 4.98 Å². The summed E-state index contributed by atoms with van der Waals surface area (Å²) >= 11 is 11.8. The van der Waals surface area contributed by atoms with Crippen molar-refractivity contribution in [2.45, 2.75) is 32.0 Å². The monoisotopic (exact) mass is 489 g/mol. The van der Waals surface area contributed by atoms with E-state index in [-0.39, 0.29) is 0 Å². The number of piperidine rings is 1. The van der Waals surface area contributed by atoms with Gasteiger partial charge in [-0.3, -0.25) is 9.59 Å². The summed E-state index contributed by atoms with van der Waals surface area (Å²) in [5.74, 6) is -1.03. The Kier molecular flexibility index (Phi) is 7.51. The van der Waals surface area contributed by atoms with Crippen molar-refractivity contribution in [3.8, 4) is 0 Å². The summed E-state index contributed by atoms with van der Waals surface area (Å²) in [6.45, 7) is 2.32. The molecule has 1 aliphatic rings. The molecule has 0 bridgehead atoms. The van der Waals surface area contributed by atoms with Crippen LogP contribution in [0.1, 0.15) is 25.3 Å². The van der Waals surface area contributed by atoms with Crippen molar-refractivity contribution in [2.24, 2.45) is 5.92 Å². The topological polar surface area (TPSA) is 71.5 Å². The molecule has 0 saturated carbocycles. The van der Waals surface area contributed by atoms with Crippen LogP contribution in [-0.2, 0) is 20.5 Å². The van der Waals surface area contributed by atoms with Crippen LogP contribution in [0.25, 0.3) is 0 Å². The highest BCUT2D eigenvalue weighted by molar-refractivity contribution is 6.35. The molecule has 1 saturated heterocycles. The number of hydrogen-bond acceptors (Lipinski definition) is 5. The Morgan fingerprint density at radius 3 is 2.31 bits per heavy atom. The second-order valence-electron chi connectivity index (χ2n) is 7.39. The van der Waals surface area contributed by atoms with Crippen LogP contribution < -0.4 is 10.2 Å². The number of hydrogen-bond donors (Lipinski definition) is 1. The quantitative estimate of drug-likeness (QED) is 0.584. The molecule has 6 nitrogen and oxygen atoms in total. The number of aromatic nitrogens is 1. The number of carbonyl (C=O) groups is 2. The minimum absolute atomic E-state index is 0.353. The molecule has 0 spiro atoms. The van der Waals surface area contributed by atoms with Crippen LogP contribution in [0.3, 0.4) is 0 Å². The van der Waals surface area contributed by atoms with Gasteiger partial charge in [0.1, 0.15) is 5.82 Å². The third-order valence-corrected chi connectivity index (χ3v) is 5.46. The number of esters is 1. The van der Waals surface area contributed by atoms with Gasteiger partial charge in [0.25, 0.3) is 5.91 Å². The zero-order chi connectivity index (χ0) is 23.5. The Morgan fingerprint density at radius 1 is 1.16 bits per heavy atom. The number of halogens is 5. The molecule has 1 atom stereocenters. The number of carbonyl (C=O) groups excluding carboxylic acids is 2. The average Bonchev–Trinajstić information content (AvgIpc) is 2.72. The van der Waals surface area contributed by atoms with Crippen LogP contribution in [0.15, 0.2) is 36.5 Å². The van der Waals surface area contributed by atoms with E-state index in [4.69, 9.17) is 27.9 Å². The first-order valence-electron chi connectivity index (χ1n) is 9.78. The van der Waals surface area contributed by atoms with Crippen molar-refractivity contribution in [1.82, 2.24) is 4.98 Å². The Morgan fingerprint density at radius 2 is 1.78 bits per heavy atom. The number of nitrogens with zero attached hydrogens (tertiary/aromatic N) is 2. The Labute approximate surface area is 192 Å². The SMILES string of the molecule is CC(OC(=O)C1CCN(c2ccc(C(F)(F)F)cn2)CC1)C(=O)Nc1cc(Cl)cc(Cl)c1. The van der Waals surface area contributed by atoms with Gasteiger partial charge in [-0.1, -0.05) is 23.2 Å². The van der Waals surface area contributed by atoms with Crippen LogP contribution >= 0.6 is 23.2 Å². The molecule has 1 aromatic carbocycles. The maximum atomic E-state index is 12.7. The zero-order valence-corrected chi connectivity index (χ0v) is 18.5. The Hall–Kier alpha value is -2.52. The summed E-state index contributed by atoms with van der Waals surface area (Å²) in [5.41, 5.74) is -0.431. The molecule has 1 amide bonds. The number of alkyl halides is 3. The second kappa shape index (κ2) is 9.95. The van der Waals surface area contributed by atoms with Gasteiger partial charge in [0, 0.05) is 35.0 Å². The minimum Gasteiger partial charge on any atom is -0.452 e. The molecule has 2 aromatic rings. The maximum absolute atomic E-state index is 12.7. The second-order valence-corrected chi connectivity index (χ2v) is 8.26. The fourth-order valence-corrected chi connectivity index (χ4v) is 3.81. The molecule has 11 heteroatoms. The van der Waals surface area contributed by atoms with E-state index in [0.29, 0.717) is 47.5 Å². The molecule has 1 fully saturated rings. The number of ether oxygens (including phenoxy) is 1. The highest BCUT2D eigenvalue weighted by Crippen LogP contribution is 2.30. The molecule has 3 rings (SSSR count). The van der Waals surface area contributed by atoms with Gasteiger partial charge < -0.3 is 15.0 Å². The normalized spacial score (nSPS) is 15.9. The summed E-state index contributed by atoms with van der Waals surface area (Å²) in [6, 6.07) is 6.86.